The van der Waals surface area contributed by atoms with Crippen LogP contribution in [0.15, 0.2) is 34.7 Å². The first-order valence-electron chi connectivity index (χ1n) is 6.82. The zero-order chi connectivity index (χ0) is 15.0. The van der Waals surface area contributed by atoms with E-state index in [1.165, 1.54) is 0 Å². The fraction of sp³-hybridized carbons (Fsp3) is 0.267. The molecule has 1 atom stereocenters. The van der Waals surface area contributed by atoms with Gasteiger partial charge >= 0.3 is 0 Å². The summed E-state index contributed by atoms with van der Waals surface area (Å²) in [5, 5.41) is 6.00. The van der Waals surface area contributed by atoms with Crippen LogP contribution in [0.4, 0.5) is 0 Å². The third kappa shape index (κ3) is 2.44. The Morgan fingerprint density at radius 1 is 1.43 bits per heavy atom. The molecule has 0 spiro atoms. The molecule has 0 fully saturated rings. The standard InChI is InChI=1S/C15H17ClN4O/c1-3-20-12(7-9(2)19-20)14(18-17)13-8-10-5-4-6-11(16)15(10)21-13/h4-8,14,18H,3,17H2,1-2H3. The largest absolute Gasteiger partial charge is 0.457 e. The van der Waals surface area contributed by atoms with E-state index in [1.807, 2.05) is 48.9 Å². The van der Waals surface area contributed by atoms with E-state index >= 15 is 0 Å². The molecule has 3 rings (SSSR count). The van der Waals surface area contributed by atoms with Gasteiger partial charge < -0.3 is 4.42 Å². The van der Waals surface area contributed by atoms with Gasteiger partial charge in [-0.2, -0.15) is 5.10 Å². The fourth-order valence-electron chi connectivity index (χ4n) is 2.55. The Hall–Kier alpha value is -1.82. The maximum atomic E-state index is 6.16. The molecule has 0 aliphatic carbocycles. The first-order chi connectivity index (χ1) is 10.1. The highest BCUT2D eigenvalue weighted by molar-refractivity contribution is 6.34. The normalized spacial score (nSPS) is 13.0. The summed E-state index contributed by atoms with van der Waals surface area (Å²) in [6.07, 6.45) is 0. The molecule has 0 aliphatic rings. The second-order valence-corrected chi connectivity index (χ2v) is 5.34. The molecule has 1 unspecified atom stereocenters. The smallest absolute Gasteiger partial charge is 0.152 e. The number of aryl methyl sites for hydroxylation is 2. The van der Waals surface area contributed by atoms with Gasteiger partial charge in [0.2, 0.25) is 0 Å². The summed E-state index contributed by atoms with van der Waals surface area (Å²) in [5.41, 5.74) is 5.39. The molecule has 6 heteroatoms. The lowest BCUT2D eigenvalue weighted by molar-refractivity contribution is 0.451. The van der Waals surface area contributed by atoms with Crippen molar-refractivity contribution in [3.05, 3.63) is 52.5 Å². The second-order valence-electron chi connectivity index (χ2n) is 4.93. The Labute approximate surface area is 127 Å². The Morgan fingerprint density at radius 3 is 2.90 bits per heavy atom. The summed E-state index contributed by atoms with van der Waals surface area (Å²) in [6.45, 7) is 4.76. The van der Waals surface area contributed by atoms with Crippen LogP contribution >= 0.6 is 11.6 Å². The van der Waals surface area contributed by atoms with Gasteiger partial charge in [0.05, 0.1) is 16.4 Å². The van der Waals surface area contributed by atoms with E-state index in [2.05, 4.69) is 10.5 Å². The van der Waals surface area contributed by atoms with Crippen molar-refractivity contribution in [1.29, 1.82) is 0 Å². The predicted molar refractivity (Wildman–Crippen MR) is 83.0 cm³/mol. The van der Waals surface area contributed by atoms with Crippen LogP contribution in [-0.2, 0) is 6.54 Å². The van der Waals surface area contributed by atoms with E-state index in [4.69, 9.17) is 21.9 Å². The van der Waals surface area contributed by atoms with Crippen LogP contribution in [0.3, 0.4) is 0 Å². The van der Waals surface area contributed by atoms with Crippen molar-refractivity contribution in [3.63, 3.8) is 0 Å². The van der Waals surface area contributed by atoms with Gasteiger partial charge in [-0.1, -0.05) is 23.7 Å². The van der Waals surface area contributed by atoms with Crippen LogP contribution in [0.2, 0.25) is 5.02 Å². The number of benzene rings is 1. The topological polar surface area (TPSA) is 69.0 Å². The first-order valence-corrected chi connectivity index (χ1v) is 7.20. The third-order valence-corrected chi connectivity index (χ3v) is 3.79. The van der Waals surface area contributed by atoms with Gasteiger partial charge in [0.25, 0.3) is 0 Å². The van der Waals surface area contributed by atoms with Gasteiger partial charge in [-0.3, -0.25) is 10.5 Å². The van der Waals surface area contributed by atoms with Crippen LogP contribution < -0.4 is 11.3 Å². The number of rotatable bonds is 4. The Balaban J connectivity index is 2.11. The molecule has 0 bridgehead atoms. The summed E-state index contributed by atoms with van der Waals surface area (Å²) < 4.78 is 7.81. The highest BCUT2D eigenvalue weighted by atomic mass is 35.5. The number of fused-ring (bicyclic) bond motifs is 1. The Kier molecular flexibility index (Phi) is 3.71. The van der Waals surface area contributed by atoms with E-state index in [0.717, 1.165) is 29.1 Å². The average Bonchev–Trinajstić information content (AvgIpc) is 3.04. The van der Waals surface area contributed by atoms with E-state index in [0.29, 0.717) is 10.6 Å². The molecular formula is C15H17ClN4O. The van der Waals surface area contributed by atoms with Crippen molar-refractivity contribution >= 4 is 22.6 Å². The van der Waals surface area contributed by atoms with Gasteiger partial charge in [-0.05, 0) is 32.0 Å². The minimum absolute atomic E-state index is 0.269. The number of hydrogen-bond acceptors (Lipinski definition) is 4. The average molecular weight is 305 g/mol. The number of aromatic nitrogens is 2. The van der Waals surface area contributed by atoms with Crippen molar-refractivity contribution in [2.75, 3.05) is 0 Å². The molecular weight excluding hydrogens is 288 g/mol. The van der Waals surface area contributed by atoms with Crippen LogP contribution in [0.25, 0.3) is 11.0 Å². The third-order valence-electron chi connectivity index (χ3n) is 3.49. The summed E-state index contributed by atoms with van der Waals surface area (Å²) >= 11 is 6.16. The lowest BCUT2D eigenvalue weighted by Gasteiger charge is -2.14. The summed E-state index contributed by atoms with van der Waals surface area (Å²) in [7, 11) is 0. The number of furan rings is 1. The number of para-hydroxylation sites is 1. The molecule has 1 aromatic carbocycles. The monoisotopic (exact) mass is 304 g/mol. The van der Waals surface area contributed by atoms with Gasteiger partial charge in [0.15, 0.2) is 5.58 Å². The van der Waals surface area contributed by atoms with E-state index < -0.39 is 0 Å². The molecule has 0 saturated heterocycles. The summed E-state index contributed by atoms with van der Waals surface area (Å²) in [6, 6.07) is 9.35. The zero-order valence-corrected chi connectivity index (χ0v) is 12.7. The molecule has 110 valence electrons. The highest BCUT2D eigenvalue weighted by Crippen LogP contribution is 2.31. The van der Waals surface area contributed by atoms with E-state index in [9.17, 15) is 0 Å². The summed E-state index contributed by atoms with van der Waals surface area (Å²) in [4.78, 5) is 0. The van der Waals surface area contributed by atoms with Crippen LogP contribution in [0, 0.1) is 6.92 Å². The number of nitrogens with two attached hydrogens (primary N) is 1. The predicted octanol–water partition coefficient (Wildman–Crippen LogP) is 3.16. The van der Waals surface area contributed by atoms with Crippen molar-refractivity contribution in [1.82, 2.24) is 15.2 Å². The van der Waals surface area contributed by atoms with Crippen LogP contribution in [-0.4, -0.2) is 9.78 Å². The molecule has 21 heavy (non-hydrogen) atoms. The van der Waals surface area contributed by atoms with E-state index in [1.54, 1.807) is 0 Å². The molecule has 0 amide bonds. The molecule has 0 saturated carbocycles. The van der Waals surface area contributed by atoms with Crippen molar-refractivity contribution in [2.45, 2.75) is 26.4 Å². The molecule has 2 aromatic heterocycles. The number of hydrogen-bond donors (Lipinski definition) is 2. The van der Waals surface area contributed by atoms with Crippen LogP contribution in [0.1, 0.15) is 30.1 Å². The molecule has 0 aliphatic heterocycles. The minimum Gasteiger partial charge on any atom is -0.457 e. The summed E-state index contributed by atoms with van der Waals surface area (Å²) in [5.74, 6) is 6.46. The van der Waals surface area contributed by atoms with Crippen molar-refractivity contribution < 1.29 is 4.42 Å². The molecule has 3 N–H and O–H groups in total. The van der Waals surface area contributed by atoms with Crippen molar-refractivity contribution in [2.24, 2.45) is 5.84 Å². The molecule has 0 radical (unpaired) electrons. The second kappa shape index (κ2) is 5.52. The van der Waals surface area contributed by atoms with Crippen molar-refractivity contribution in [3.8, 4) is 0 Å². The Bertz CT molecular complexity index is 777. The Morgan fingerprint density at radius 2 is 2.24 bits per heavy atom. The zero-order valence-electron chi connectivity index (χ0n) is 11.9. The highest BCUT2D eigenvalue weighted by Gasteiger charge is 2.22. The number of nitrogens with zero attached hydrogens (tertiary/aromatic N) is 2. The SMILES string of the molecule is CCn1nc(C)cc1C(NN)c1cc2cccc(Cl)c2o1. The maximum absolute atomic E-state index is 6.16. The van der Waals surface area contributed by atoms with Crippen LogP contribution in [0.5, 0.6) is 0 Å². The molecule has 5 nitrogen and oxygen atoms in total. The fourth-order valence-corrected chi connectivity index (χ4v) is 2.77. The molecule has 2 heterocycles. The lowest BCUT2D eigenvalue weighted by Crippen LogP contribution is -2.30. The van der Waals surface area contributed by atoms with Gasteiger partial charge in [0.1, 0.15) is 11.8 Å². The van der Waals surface area contributed by atoms with Gasteiger partial charge in [-0.25, -0.2) is 5.43 Å². The van der Waals surface area contributed by atoms with Gasteiger partial charge in [0, 0.05) is 11.9 Å². The first kappa shape index (κ1) is 14.1. The number of halogens is 1. The number of hydrazine groups is 1. The minimum atomic E-state index is -0.269. The molecule has 3 aromatic rings. The quantitative estimate of drug-likeness (QED) is 0.574. The van der Waals surface area contributed by atoms with E-state index in [-0.39, 0.29) is 6.04 Å². The number of nitrogens with one attached hydrogen (secondary N) is 1. The van der Waals surface area contributed by atoms with Gasteiger partial charge in [-0.15, -0.1) is 0 Å². The lowest BCUT2D eigenvalue weighted by atomic mass is 10.1. The maximum Gasteiger partial charge on any atom is 0.152 e.